The fourth-order valence-electron chi connectivity index (χ4n) is 2.15. The number of hydrogen-bond donors (Lipinski definition) is 2. The molecule has 2 rings (SSSR count). The molecule has 1 aromatic carbocycles. The van der Waals surface area contributed by atoms with E-state index in [4.69, 9.17) is 5.73 Å². The number of aryl methyl sites for hydroxylation is 1. The van der Waals surface area contributed by atoms with Crippen molar-refractivity contribution in [2.75, 3.05) is 26.2 Å². The molecule has 0 aliphatic carbocycles. The Hall–Kier alpha value is -0.900. The van der Waals surface area contributed by atoms with Gasteiger partial charge in [-0.05, 0) is 12.5 Å². The zero-order chi connectivity index (χ0) is 11.4. The molecule has 3 N–H and O–H groups in total. The van der Waals surface area contributed by atoms with Gasteiger partial charge >= 0.3 is 0 Å². The average Bonchev–Trinajstić information content (AvgIpc) is 2.32. The molecule has 1 saturated heterocycles. The van der Waals surface area contributed by atoms with Crippen LogP contribution in [-0.4, -0.2) is 37.1 Å². The Bertz CT molecular complexity index is 320. The second kappa shape index (κ2) is 5.43. The quantitative estimate of drug-likeness (QED) is 0.787. The van der Waals surface area contributed by atoms with Gasteiger partial charge in [0.05, 0.1) is 0 Å². The fourth-order valence-corrected chi connectivity index (χ4v) is 2.15. The summed E-state index contributed by atoms with van der Waals surface area (Å²) in [6.45, 7) is 7.12. The first-order valence-corrected chi connectivity index (χ1v) is 5.99. The van der Waals surface area contributed by atoms with Crippen LogP contribution in [0.3, 0.4) is 0 Å². The van der Waals surface area contributed by atoms with Gasteiger partial charge in [-0.1, -0.05) is 29.8 Å². The smallest absolute Gasteiger partial charge is 0.0318 e. The number of nitrogens with one attached hydrogen (secondary N) is 1. The minimum absolute atomic E-state index is 0.458. The van der Waals surface area contributed by atoms with Gasteiger partial charge in [-0.2, -0.15) is 0 Å². The van der Waals surface area contributed by atoms with Crippen molar-refractivity contribution in [1.29, 1.82) is 0 Å². The van der Waals surface area contributed by atoms with E-state index in [0.717, 1.165) is 32.7 Å². The van der Waals surface area contributed by atoms with Gasteiger partial charge in [-0.25, -0.2) is 0 Å². The normalized spacial score (nSPS) is 22.2. The van der Waals surface area contributed by atoms with E-state index in [1.165, 1.54) is 11.1 Å². The van der Waals surface area contributed by atoms with E-state index in [1.807, 2.05) is 0 Å². The first-order valence-electron chi connectivity index (χ1n) is 5.99. The molecule has 0 bridgehead atoms. The highest BCUT2D eigenvalue weighted by molar-refractivity contribution is 5.21. The fraction of sp³-hybridized carbons (Fsp3) is 0.538. The number of benzene rings is 1. The highest BCUT2D eigenvalue weighted by Gasteiger charge is 2.17. The maximum absolute atomic E-state index is 5.69. The lowest BCUT2D eigenvalue weighted by Crippen LogP contribution is -2.53. The van der Waals surface area contributed by atoms with Crippen molar-refractivity contribution < 1.29 is 0 Å². The maximum atomic E-state index is 5.69. The molecule has 1 atom stereocenters. The van der Waals surface area contributed by atoms with Gasteiger partial charge in [0, 0.05) is 38.8 Å². The van der Waals surface area contributed by atoms with Crippen LogP contribution in [-0.2, 0) is 6.54 Å². The van der Waals surface area contributed by atoms with Gasteiger partial charge in [0.1, 0.15) is 0 Å². The van der Waals surface area contributed by atoms with E-state index >= 15 is 0 Å². The van der Waals surface area contributed by atoms with Crippen molar-refractivity contribution in [3.05, 3.63) is 35.4 Å². The monoisotopic (exact) mass is 219 g/mol. The molecule has 0 amide bonds. The van der Waals surface area contributed by atoms with Crippen molar-refractivity contribution in [3.8, 4) is 0 Å². The molecule has 0 radical (unpaired) electrons. The van der Waals surface area contributed by atoms with Crippen LogP contribution in [0.25, 0.3) is 0 Å². The Morgan fingerprint density at radius 2 is 2.12 bits per heavy atom. The van der Waals surface area contributed by atoms with E-state index in [-0.39, 0.29) is 0 Å². The molecule has 1 fully saturated rings. The van der Waals surface area contributed by atoms with Crippen LogP contribution in [0, 0.1) is 6.92 Å². The van der Waals surface area contributed by atoms with Gasteiger partial charge in [-0.15, -0.1) is 0 Å². The number of nitrogens with two attached hydrogens (primary N) is 1. The predicted octanol–water partition coefficient (Wildman–Crippen LogP) is 0.728. The molecule has 1 unspecified atom stereocenters. The molecule has 1 aromatic rings. The molecule has 3 heteroatoms. The van der Waals surface area contributed by atoms with Crippen LogP contribution >= 0.6 is 0 Å². The molecule has 16 heavy (non-hydrogen) atoms. The lowest BCUT2D eigenvalue weighted by Gasteiger charge is -2.33. The molecule has 88 valence electrons. The van der Waals surface area contributed by atoms with Gasteiger partial charge in [0.25, 0.3) is 0 Å². The Balaban J connectivity index is 1.91. The van der Waals surface area contributed by atoms with Crippen LogP contribution in [0.5, 0.6) is 0 Å². The third kappa shape index (κ3) is 3.04. The molecule has 1 heterocycles. The van der Waals surface area contributed by atoms with Crippen molar-refractivity contribution in [1.82, 2.24) is 10.2 Å². The van der Waals surface area contributed by atoms with Gasteiger partial charge in [-0.3, -0.25) is 4.90 Å². The summed E-state index contributed by atoms with van der Waals surface area (Å²) in [6, 6.07) is 9.25. The van der Waals surface area contributed by atoms with E-state index < -0.39 is 0 Å². The standard InChI is InChI=1S/C13H21N3/c1-11-2-4-12(5-3-11)9-16-7-6-15-13(8-14)10-16/h2-5,13,15H,6-10,14H2,1H3. The molecule has 1 aliphatic rings. The van der Waals surface area contributed by atoms with Crippen molar-refractivity contribution in [2.45, 2.75) is 19.5 Å². The third-order valence-electron chi connectivity index (χ3n) is 3.15. The molecule has 0 saturated carbocycles. The Labute approximate surface area is 97.6 Å². The second-order valence-corrected chi connectivity index (χ2v) is 4.61. The summed E-state index contributed by atoms with van der Waals surface area (Å²) in [4.78, 5) is 2.47. The van der Waals surface area contributed by atoms with E-state index in [1.54, 1.807) is 0 Å². The average molecular weight is 219 g/mol. The Kier molecular flexibility index (Phi) is 3.93. The molecule has 3 nitrogen and oxygen atoms in total. The SMILES string of the molecule is Cc1ccc(CN2CCNC(CN)C2)cc1. The van der Waals surface area contributed by atoms with Crippen molar-refractivity contribution in [2.24, 2.45) is 5.73 Å². The van der Waals surface area contributed by atoms with E-state index in [0.29, 0.717) is 6.04 Å². The van der Waals surface area contributed by atoms with E-state index in [2.05, 4.69) is 41.4 Å². The Morgan fingerprint density at radius 1 is 1.38 bits per heavy atom. The van der Waals surface area contributed by atoms with E-state index in [9.17, 15) is 0 Å². The summed E-state index contributed by atoms with van der Waals surface area (Å²) in [5.74, 6) is 0. The van der Waals surface area contributed by atoms with Crippen LogP contribution in [0.1, 0.15) is 11.1 Å². The third-order valence-corrected chi connectivity index (χ3v) is 3.15. The Morgan fingerprint density at radius 3 is 2.81 bits per heavy atom. The minimum atomic E-state index is 0.458. The molecular formula is C13H21N3. The van der Waals surface area contributed by atoms with Crippen molar-refractivity contribution in [3.63, 3.8) is 0 Å². The second-order valence-electron chi connectivity index (χ2n) is 4.61. The van der Waals surface area contributed by atoms with Gasteiger partial charge in [0.15, 0.2) is 0 Å². The lowest BCUT2D eigenvalue weighted by molar-refractivity contribution is 0.195. The van der Waals surface area contributed by atoms with Crippen molar-refractivity contribution >= 4 is 0 Å². The summed E-state index contributed by atoms with van der Waals surface area (Å²) < 4.78 is 0. The van der Waals surface area contributed by atoms with Gasteiger partial charge < -0.3 is 11.1 Å². The molecule has 0 aromatic heterocycles. The first-order chi connectivity index (χ1) is 7.78. The molecular weight excluding hydrogens is 198 g/mol. The topological polar surface area (TPSA) is 41.3 Å². The largest absolute Gasteiger partial charge is 0.329 e. The summed E-state index contributed by atoms with van der Waals surface area (Å²) in [5, 5.41) is 3.43. The molecule has 1 aliphatic heterocycles. The number of rotatable bonds is 3. The predicted molar refractivity (Wildman–Crippen MR) is 67.3 cm³/mol. The lowest BCUT2D eigenvalue weighted by atomic mass is 10.1. The van der Waals surface area contributed by atoms with Crippen LogP contribution < -0.4 is 11.1 Å². The summed E-state index contributed by atoms with van der Waals surface area (Å²) >= 11 is 0. The summed E-state index contributed by atoms with van der Waals surface area (Å²) in [5.41, 5.74) is 8.40. The highest BCUT2D eigenvalue weighted by atomic mass is 15.2. The zero-order valence-corrected chi connectivity index (χ0v) is 9.95. The summed E-state index contributed by atoms with van der Waals surface area (Å²) in [7, 11) is 0. The molecule has 0 spiro atoms. The first kappa shape index (κ1) is 11.6. The number of piperazine rings is 1. The van der Waals surface area contributed by atoms with Crippen LogP contribution in [0.15, 0.2) is 24.3 Å². The van der Waals surface area contributed by atoms with Crippen LogP contribution in [0.2, 0.25) is 0 Å². The van der Waals surface area contributed by atoms with Crippen LogP contribution in [0.4, 0.5) is 0 Å². The maximum Gasteiger partial charge on any atom is 0.0318 e. The number of hydrogen-bond acceptors (Lipinski definition) is 3. The highest BCUT2D eigenvalue weighted by Crippen LogP contribution is 2.08. The number of nitrogens with zero attached hydrogens (tertiary/aromatic N) is 1. The van der Waals surface area contributed by atoms with Gasteiger partial charge in [0.2, 0.25) is 0 Å². The minimum Gasteiger partial charge on any atom is -0.329 e. The summed E-state index contributed by atoms with van der Waals surface area (Å²) in [6.07, 6.45) is 0. The zero-order valence-electron chi connectivity index (χ0n) is 9.95.